The minimum Gasteiger partial charge on any atom is -0.444 e. The maximum Gasteiger partial charge on any atom is 0.411 e. The number of carbonyl (C=O) groups excluding carboxylic acids is 2. The monoisotopic (exact) mass is 295 g/mol. The van der Waals surface area contributed by atoms with Gasteiger partial charge in [-0.25, -0.2) is 4.79 Å². The first kappa shape index (κ1) is 14.6. The predicted octanol–water partition coefficient (Wildman–Crippen LogP) is 0.959. The SMILES string of the molecule is CC(C)(C)OC(=O)N1C2CC1C(=O)N(C1CCNCC1)C2. The summed E-state index contributed by atoms with van der Waals surface area (Å²) in [5, 5.41) is 3.32. The molecule has 1 N–H and O–H groups in total. The number of piperazine rings is 1. The summed E-state index contributed by atoms with van der Waals surface area (Å²) in [6, 6.07) is 0.177. The number of nitrogens with one attached hydrogen (secondary N) is 1. The topological polar surface area (TPSA) is 61.9 Å². The fraction of sp³-hybridized carbons (Fsp3) is 0.867. The standard InChI is InChI=1S/C15H25N3O3/c1-15(2,3)21-14(20)18-11-8-12(18)13(19)17(9-11)10-4-6-16-7-5-10/h10-12,16H,4-9H2,1-3H3. The van der Waals surface area contributed by atoms with Crippen molar-refractivity contribution in [1.29, 1.82) is 0 Å². The van der Waals surface area contributed by atoms with Crippen molar-refractivity contribution in [1.82, 2.24) is 15.1 Å². The lowest BCUT2D eigenvalue weighted by Crippen LogP contribution is -2.74. The molecule has 2 atom stereocenters. The minimum absolute atomic E-state index is 0.107. The lowest BCUT2D eigenvalue weighted by molar-refractivity contribution is -0.162. The molecule has 2 unspecified atom stereocenters. The summed E-state index contributed by atoms with van der Waals surface area (Å²) in [5.41, 5.74) is -0.515. The zero-order valence-electron chi connectivity index (χ0n) is 13.1. The molecule has 0 aliphatic carbocycles. The number of hydrogen-bond acceptors (Lipinski definition) is 4. The smallest absolute Gasteiger partial charge is 0.411 e. The maximum absolute atomic E-state index is 12.6. The molecule has 4 aliphatic heterocycles. The maximum atomic E-state index is 12.6. The van der Waals surface area contributed by atoms with Gasteiger partial charge in [0.25, 0.3) is 0 Å². The molecule has 0 aromatic rings. The van der Waals surface area contributed by atoms with Gasteiger partial charge in [0.15, 0.2) is 0 Å². The average molecular weight is 295 g/mol. The van der Waals surface area contributed by atoms with Crippen molar-refractivity contribution in [2.24, 2.45) is 0 Å². The molecule has 118 valence electrons. The molecular weight excluding hydrogens is 270 g/mol. The third-order valence-electron chi connectivity index (χ3n) is 4.55. The van der Waals surface area contributed by atoms with Crippen LogP contribution in [-0.2, 0) is 9.53 Å². The van der Waals surface area contributed by atoms with E-state index in [1.807, 2.05) is 25.7 Å². The summed E-state index contributed by atoms with van der Waals surface area (Å²) < 4.78 is 5.41. The zero-order valence-corrected chi connectivity index (χ0v) is 13.1. The van der Waals surface area contributed by atoms with Crippen LogP contribution in [0, 0.1) is 0 Å². The van der Waals surface area contributed by atoms with Crippen LogP contribution in [0.4, 0.5) is 4.79 Å². The Morgan fingerprint density at radius 3 is 2.48 bits per heavy atom. The van der Waals surface area contributed by atoms with E-state index in [1.54, 1.807) is 4.90 Å². The van der Waals surface area contributed by atoms with Gasteiger partial charge in [0, 0.05) is 12.6 Å². The Morgan fingerprint density at radius 2 is 1.90 bits per heavy atom. The first-order chi connectivity index (χ1) is 9.87. The molecule has 4 aliphatic rings. The van der Waals surface area contributed by atoms with Gasteiger partial charge in [0.1, 0.15) is 11.6 Å². The van der Waals surface area contributed by atoms with Crippen LogP contribution in [0.2, 0.25) is 0 Å². The van der Waals surface area contributed by atoms with Crippen molar-refractivity contribution in [3.05, 3.63) is 0 Å². The van der Waals surface area contributed by atoms with Gasteiger partial charge >= 0.3 is 6.09 Å². The van der Waals surface area contributed by atoms with Gasteiger partial charge in [0.05, 0.1) is 6.04 Å². The van der Waals surface area contributed by atoms with E-state index in [-0.39, 0.29) is 24.1 Å². The van der Waals surface area contributed by atoms with Crippen molar-refractivity contribution < 1.29 is 14.3 Å². The molecule has 0 aromatic heterocycles. The van der Waals surface area contributed by atoms with Crippen molar-refractivity contribution in [2.75, 3.05) is 19.6 Å². The molecule has 4 heterocycles. The molecule has 4 saturated heterocycles. The molecule has 2 amide bonds. The van der Waals surface area contributed by atoms with E-state index in [4.69, 9.17) is 4.74 Å². The van der Waals surface area contributed by atoms with Gasteiger partial charge in [0.2, 0.25) is 5.91 Å². The van der Waals surface area contributed by atoms with Crippen molar-refractivity contribution in [3.63, 3.8) is 0 Å². The van der Waals surface area contributed by atoms with E-state index in [9.17, 15) is 9.59 Å². The Morgan fingerprint density at radius 1 is 1.24 bits per heavy atom. The molecule has 4 rings (SSSR count). The second-order valence-corrected chi connectivity index (χ2v) is 7.26. The quantitative estimate of drug-likeness (QED) is 0.782. The molecule has 6 nitrogen and oxygen atoms in total. The van der Waals surface area contributed by atoms with Gasteiger partial charge in [-0.3, -0.25) is 9.69 Å². The Kier molecular flexibility index (Phi) is 3.59. The van der Waals surface area contributed by atoms with Gasteiger partial charge in [-0.1, -0.05) is 0 Å². The summed E-state index contributed by atoms with van der Waals surface area (Å²) in [4.78, 5) is 28.4. The first-order valence-electron chi connectivity index (χ1n) is 7.89. The van der Waals surface area contributed by atoms with Crippen molar-refractivity contribution >= 4 is 12.0 Å². The van der Waals surface area contributed by atoms with E-state index >= 15 is 0 Å². The van der Waals surface area contributed by atoms with Crippen LogP contribution >= 0.6 is 0 Å². The number of carbonyl (C=O) groups is 2. The first-order valence-corrected chi connectivity index (χ1v) is 7.89. The fourth-order valence-electron chi connectivity index (χ4n) is 3.53. The molecular formula is C15H25N3O3. The van der Waals surface area contributed by atoms with Crippen LogP contribution < -0.4 is 5.32 Å². The van der Waals surface area contributed by atoms with Crippen LogP contribution in [0.3, 0.4) is 0 Å². The van der Waals surface area contributed by atoms with E-state index in [2.05, 4.69) is 5.32 Å². The molecule has 0 spiro atoms. The highest BCUT2D eigenvalue weighted by molar-refractivity contribution is 5.90. The lowest BCUT2D eigenvalue weighted by atomic mass is 9.85. The molecule has 6 heteroatoms. The third kappa shape index (κ3) is 2.73. The summed E-state index contributed by atoms with van der Waals surface area (Å²) >= 11 is 0. The van der Waals surface area contributed by atoms with E-state index in [0.717, 1.165) is 32.4 Å². The Labute approximate surface area is 125 Å². The van der Waals surface area contributed by atoms with E-state index < -0.39 is 5.60 Å². The van der Waals surface area contributed by atoms with E-state index in [1.165, 1.54) is 0 Å². The molecule has 21 heavy (non-hydrogen) atoms. The Bertz CT molecular complexity index is 440. The average Bonchev–Trinajstić information content (AvgIpc) is 2.36. The minimum atomic E-state index is -0.515. The van der Waals surface area contributed by atoms with Crippen LogP contribution in [0.1, 0.15) is 40.0 Å². The summed E-state index contributed by atoms with van der Waals surface area (Å²) in [6.07, 6.45) is 2.47. The normalized spacial score (nSPS) is 30.1. The number of amides is 2. The highest BCUT2D eigenvalue weighted by atomic mass is 16.6. The fourth-order valence-corrected chi connectivity index (χ4v) is 3.53. The lowest BCUT2D eigenvalue weighted by Gasteiger charge is -2.56. The summed E-state index contributed by atoms with van der Waals surface area (Å²) in [5.74, 6) is 0.107. The zero-order chi connectivity index (χ0) is 15.2. The summed E-state index contributed by atoms with van der Waals surface area (Å²) in [6.45, 7) is 8.16. The third-order valence-corrected chi connectivity index (χ3v) is 4.55. The molecule has 0 saturated carbocycles. The van der Waals surface area contributed by atoms with Gasteiger partial charge < -0.3 is 15.0 Å². The Hall–Kier alpha value is -1.30. The van der Waals surface area contributed by atoms with Gasteiger partial charge in [-0.2, -0.15) is 0 Å². The highest BCUT2D eigenvalue weighted by Crippen LogP contribution is 2.36. The van der Waals surface area contributed by atoms with Gasteiger partial charge in [-0.05, 0) is 53.1 Å². The number of piperidine rings is 2. The second kappa shape index (κ2) is 5.16. The van der Waals surface area contributed by atoms with Crippen LogP contribution in [0.25, 0.3) is 0 Å². The molecule has 0 aromatic carbocycles. The number of rotatable bonds is 1. The summed E-state index contributed by atoms with van der Waals surface area (Å²) in [7, 11) is 0. The van der Waals surface area contributed by atoms with Crippen LogP contribution in [0.5, 0.6) is 0 Å². The highest BCUT2D eigenvalue weighted by Gasteiger charge is 2.54. The second-order valence-electron chi connectivity index (χ2n) is 7.26. The Balaban J connectivity index is 1.64. The largest absolute Gasteiger partial charge is 0.444 e. The van der Waals surface area contributed by atoms with Crippen LogP contribution in [-0.4, -0.2) is 65.2 Å². The van der Waals surface area contributed by atoms with Crippen molar-refractivity contribution in [3.8, 4) is 0 Å². The molecule has 0 radical (unpaired) electrons. The van der Waals surface area contributed by atoms with Gasteiger partial charge in [-0.15, -0.1) is 0 Å². The number of ether oxygens (including phenoxy) is 1. The van der Waals surface area contributed by atoms with E-state index in [0.29, 0.717) is 12.6 Å². The number of nitrogens with zero attached hydrogens (tertiary/aromatic N) is 2. The molecule has 4 fully saturated rings. The number of hydrogen-bond donors (Lipinski definition) is 1. The predicted molar refractivity (Wildman–Crippen MR) is 77.9 cm³/mol. The van der Waals surface area contributed by atoms with Crippen molar-refractivity contribution in [2.45, 2.75) is 63.8 Å². The number of fused-ring (bicyclic) bond motifs is 2. The van der Waals surface area contributed by atoms with Crippen LogP contribution in [0.15, 0.2) is 0 Å². The molecule has 2 bridgehead atoms.